The summed E-state index contributed by atoms with van der Waals surface area (Å²) in [5.74, 6) is 0.420. The van der Waals surface area contributed by atoms with Crippen molar-refractivity contribution in [3.8, 4) is 11.5 Å². The summed E-state index contributed by atoms with van der Waals surface area (Å²) in [6.07, 6.45) is -1.05. The molecule has 0 bridgehead atoms. The molecular weight excluding hydrogens is 456 g/mol. The minimum atomic E-state index is -3.97. The van der Waals surface area contributed by atoms with Gasteiger partial charge in [0, 0.05) is 12.8 Å². The van der Waals surface area contributed by atoms with Gasteiger partial charge in [0.05, 0.1) is 30.8 Å². The van der Waals surface area contributed by atoms with E-state index in [1.165, 1.54) is 23.5 Å². The molecule has 1 aliphatic rings. The molecule has 34 heavy (non-hydrogen) atoms. The molecule has 4 rings (SSSR count). The van der Waals surface area contributed by atoms with Crippen LogP contribution in [0.3, 0.4) is 0 Å². The average molecular weight is 483 g/mol. The van der Waals surface area contributed by atoms with Gasteiger partial charge in [0.25, 0.3) is 15.9 Å². The number of aryl methyl sites for hydroxylation is 1. The minimum Gasteiger partial charge on any atom is -0.497 e. The van der Waals surface area contributed by atoms with E-state index in [2.05, 4.69) is 5.32 Å². The fraction of sp³-hybridized carbons (Fsp3) is 0.240. The zero-order valence-electron chi connectivity index (χ0n) is 19.1. The molecule has 0 saturated carbocycles. The van der Waals surface area contributed by atoms with E-state index in [-0.39, 0.29) is 11.4 Å². The third-order valence-corrected chi connectivity index (χ3v) is 7.22. The Morgan fingerprint density at radius 1 is 1.09 bits per heavy atom. The molecule has 0 unspecified atom stereocenters. The van der Waals surface area contributed by atoms with Crippen molar-refractivity contribution in [3.05, 3.63) is 77.9 Å². The summed E-state index contributed by atoms with van der Waals surface area (Å²) in [6.45, 7) is 2.10. The molecule has 1 N–H and O–H groups in total. The molecule has 1 atom stereocenters. The van der Waals surface area contributed by atoms with Crippen molar-refractivity contribution in [1.29, 1.82) is 0 Å². The number of methoxy groups -OCH3 is 2. The summed E-state index contributed by atoms with van der Waals surface area (Å²) in [7, 11) is -0.861. The monoisotopic (exact) mass is 482 g/mol. The van der Waals surface area contributed by atoms with Gasteiger partial charge in [-0.1, -0.05) is 18.2 Å². The van der Waals surface area contributed by atoms with Crippen LogP contribution < -0.4 is 19.1 Å². The highest BCUT2D eigenvalue weighted by Crippen LogP contribution is 2.38. The molecule has 0 spiro atoms. The molecule has 1 heterocycles. The van der Waals surface area contributed by atoms with Crippen molar-refractivity contribution in [2.75, 3.05) is 30.4 Å². The smallest absolute Gasteiger partial charge is 0.267 e. The first-order valence-corrected chi connectivity index (χ1v) is 12.1. The van der Waals surface area contributed by atoms with Gasteiger partial charge in [-0.2, -0.15) is 0 Å². The van der Waals surface area contributed by atoms with Crippen LogP contribution in [0, 0.1) is 6.92 Å². The highest BCUT2D eigenvalue weighted by atomic mass is 32.2. The lowest BCUT2D eigenvalue weighted by molar-refractivity contribution is -0.122. The van der Waals surface area contributed by atoms with Gasteiger partial charge in [-0.25, -0.2) is 8.42 Å². The van der Waals surface area contributed by atoms with Crippen molar-refractivity contribution in [2.45, 2.75) is 24.5 Å². The van der Waals surface area contributed by atoms with Crippen LogP contribution in [0.25, 0.3) is 0 Å². The Balaban J connectivity index is 1.65. The van der Waals surface area contributed by atoms with Gasteiger partial charge in [-0.05, 0) is 66.6 Å². The van der Waals surface area contributed by atoms with Crippen LogP contribution in [-0.4, -0.2) is 41.2 Å². The largest absolute Gasteiger partial charge is 0.497 e. The molecule has 178 valence electrons. The van der Waals surface area contributed by atoms with E-state index >= 15 is 0 Å². The first-order valence-electron chi connectivity index (χ1n) is 10.6. The van der Waals surface area contributed by atoms with E-state index in [0.29, 0.717) is 29.5 Å². The lowest BCUT2D eigenvalue weighted by Crippen LogP contribution is -2.48. The van der Waals surface area contributed by atoms with Crippen LogP contribution in [0.2, 0.25) is 0 Å². The number of rotatable bonds is 7. The quantitative estimate of drug-likeness (QED) is 0.551. The van der Waals surface area contributed by atoms with E-state index in [4.69, 9.17) is 14.2 Å². The zero-order valence-corrected chi connectivity index (χ0v) is 20.0. The molecule has 0 saturated heterocycles. The number of ether oxygens (including phenoxy) is 3. The van der Waals surface area contributed by atoms with Crippen LogP contribution in [0.1, 0.15) is 11.1 Å². The summed E-state index contributed by atoms with van der Waals surface area (Å²) < 4.78 is 44.6. The number of amides is 1. The summed E-state index contributed by atoms with van der Waals surface area (Å²) >= 11 is 0. The number of nitrogens with zero attached hydrogens (tertiary/aromatic N) is 1. The van der Waals surface area contributed by atoms with Crippen molar-refractivity contribution < 1.29 is 27.4 Å². The van der Waals surface area contributed by atoms with Gasteiger partial charge in [0.2, 0.25) is 0 Å². The number of nitrogens with one attached hydrogen (secondary N) is 1. The zero-order chi connectivity index (χ0) is 24.3. The Morgan fingerprint density at radius 3 is 2.56 bits per heavy atom. The molecule has 1 amide bonds. The SMILES string of the molecule is COCc1cccc(NC(=O)[C@@H]2CN(S(=O)(=O)c3ccc(OC)cc3)c3cc(C)ccc3O2)c1. The van der Waals surface area contributed by atoms with E-state index < -0.39 is 22.0 Å². The van der Waals surface area contributed by atoms with Crippen LogP contribution in [0.15, 0.2) is 71.6 Å². The number of carbonyl (C=O) groups is 1. The normalized spacial score (nSPS) is 15.3. The lowest BCUT2D eigenvalue weighted by Gasteiger charge is -2.35. The molecule has 3 aromatic rings. The van der Waals surface area contributed by atoms with Crippen molar-refractivity contribution in [2.24, 2.45) is 0 Å². The Hall–Kier alpha value is -3.56. The molecule has 0 fully saturated rings. The van der Waals surface area contributed by atoms with Crippen LogP contribution in [0.5, 0.6) is 11.5 Å². The lowest BCUT2D eigenvalue weighted by atomic mass is 10.1. The second-order valence-electron chi connectivity index (χ2n) is 7.91. The van der Waals surface area contributed by atoms with Crippen LogP contribution in [-0.2, 0) is 26.2 Å². The molecule has 3 aromatic carbocycles. The van der Waals surface area contributed by atoms with Gasteiger partial charge in [-0.3, -0.25) is 9.10 Å². The second-order valence-corrected chi connectivity index (χ2v) is 9.77. The van der Waals surface area contributed by atoms with Gasteiger partial charge < -0.3 is 19.5 Å². The van der Waals surface area contributed by atoms with E-state index in [1.54, 1.807) is 43.5 Å². The van der Waals surface area contributed by atoms with Gasteiger partial charge >= 0.3 is 0 Å². The Kier molecular flexibility index (Phi) is 6.76. The minimum absolute atomic E-state index is 0.0917. The maximum atomic E-state index is 13.6. The second kappa shape index (κ2) is 9.74. The van der Waals surface area contributed by atoms with Crippen molar-refractivity contribution in [3.63, 3.8) is 0 Å². The predicted octanol–water partition coefficient (Wildman–Crippen LogP) is 3.75. The van der Waals surface area contributed by atoms with Gasteiger partial charge in [0.1, 0.15) is 11.5 Å². The highest BCUT2D eigenvalue weighted by molar-refractivity contribution is 7.92. The third-order valence-electron chi connectivity index (χ3n) is 5.43. The first-order chi connectivity index (χ1) is 16.3. The van der Waals surface area contributed by atoms with Crippen molar-refractivity contribution in [1.82, 2.24) is 0 Å². The van der Waals surface area contributed by atoms with Crippen LogP contribution >= 0.6 is 0 Å². The Bertz CT molecular complexity index is 1290. The number of carbonyl (C=O) groups excluding carboxylic acids is 1. The number of sulfonamides is 1. The summed E-state index contributed by atoms with van der Waals surface area (Å²) in [6, 6.07) is 18.6. The molecule has 0 aliphatic carbocycles. The molecule has 8 nitrogen and oxygen atoms in total. The fourth-order valence-corrected chi connectivity index (χ4v) is 5.20. The maximum Gasteiger partial charge on any atom is 0.267 e. The molecule has 9 heteroatoms. The topological polar surface area (TPSA) is 94.2 Å². The van der Waals surface area contributed by atoms with Gasteiger partial charge in [-0.15, -0.1) is 0 Å². The maximum absolute atomic E-state index is 13.6. The van der Waals surface area contributed by atoms with E-state index in [1.807, 2.05) is 25.1 Å². The Labute approximate surface area is 199 Å². The standard InChI is InChI=1S/C25H26N2O6S/c1-17-7-12-23-22(13-17)27(34(29,30)21-10-8-20(32-3)9-11-21)15-24(33-23)25(28)26-19-6-4-5-18(14-19)16-31-2/h4-14,24H,15-16H2,1-3H3,(H,26,28)/t24-/m0/s1. The summed E-state index contributed by atoms with van der Waals surface area (Å²) in [5.41, 5.74) is 2.73. The number of benzene rings is 3. The van der Waals surface area contributed by atoms with Crippen molar-refractivity contribution >= 4 is 27.3 Å². The first kappa shape index (κ1) is 23.6. The number of anilines is 2. The average Bonchev–Trinajstić information content (AvgIpc) is 2.83. The number of hydrogen-bond acceptors (Lipinski definition) is 6. The predicted molar refractivity (Wildman–Crippen MR) is 129 cm³/mol. The molecule has 0 radical (unpaired) electrons. The van der Waals surface area contributed by atoms with E-state index in [9.17, 15) is 13.2 Å². The Morgan fingerprint density at radius 2 is 1.85 bits per heavy atom. The summed E-state index contributed by atoms with van der Waals surface area (Å²) in [4.78, 5) is 13.2. The molecule has 1 aliphatic heterocycles. The fourth-order valence-electron chi connectivity index (χ4n) is 3.73. The molecular formula is C25H26N2O6S. The number of fused-ring (bicyclic) bond motifs is 1. The van der Waals surface area contributed by atoms with Crippen LogP contribution in [0.4, 0.5) is 11.4 Å². The third kappa shape index (κ3) is 4.85. The summed E-state index contributed by atoms with van der Waals surface area (Å²) in [5, 5.41) is 2.82. The number of hydrogen-bond donors (Lipinski definition) is 1. The van der Waals surface area contributed by atoms with E-state index in [0.717, 1.165) is 11.1 Å². The molecule has 0 aromatic heterocycles. The highest BCUT2D eigenvalue weighted by Gasteiger charge is 2.37. The van der Waals surface area contributed by atoms with Gasteiger partial charge in [0.15, 0.2) is 6.10 Å².